The number of carbonyl (C=O) groups is 2. The van der Waals surface area contributed by atoms with Crippen LogP contribution >= 0.6 is 0 Å². The Balaban J connectivity index is 1.30. The van der Waals surface area contributed by atoms with Gasteiger partial charge in [0.25, 0.3) is 11.8 Å². The van der Waals surface area contributed by atoms with Gasteiger partial charge in [-0.2, -0.15) is 0 Å². The molecule has 5 aromatic rings. The van der Waals surface area contributed by atoms with E-state index in [1.807, 2.05) is 64.1 Å². The largest absolute Gasteiger partial charge is 0.378 e. The van der Waals surface area contributed by atoms with E-state index < -0.39 is 11.7 Å². The van der Waals surface area contributed by atoms with Gasteiger partial charge in [0.2, 0.25) is 0 Å². The van der Waals surface area contributed by atoms with Crippen LogP contribution in [0, 0.1) is 18.2 Å². The molecule has 6 rings (SSSR count). The minimum atomic E-state index is -0.669. The van der Waals surface area contributed by atoms with Crippen LogP contribution in [0.15, 0.2) is 79.1 Å². The Morgan fingerprint density at radius 3 is 2.48 bits per heavy atom. The molecule has 0 radical (unpaired) electrons. The van der Waals surface area contributed by atoms with Crippen molar-refractivity contribution in [3.05, 3.63) is 113 Å². The number of aromatic nitrogens is 2. The number of amides is 2. The lowest BCUT2D eigenvalue weighted by molar-refractivity contribution is 0.0302. The van der Waals surface area contributed by atoms with Gasteiger partial charge in [-0.1, -0.05) is 39.0 Å². The Morgan fingerprint density at radius 1 is 0.979 bits per heavy atom. The maximum Gasteiger partial charge on any atom is 0.259 e. The van der Waals surface area contributed by atoms with Crippen LogP contribution in [0.5, 0.6) is 0 Å². The van der Waals surface area contributed by atoms with Crippen molar-refractivity contribution in [1.29, 1.82) is 5.41 Å². The van der Waals surface area contributed by atoms with E-state index in [1.54, 1.807) is 41.6 Å². The molecule has 3 aromatic carbocycles. The van der Waals surface area contributed by atoms with Crippen molar-refractivity contribution >= 4 is 46.1 Å². The molecule has 3 N–H and O–H groups in total. The molecule has 1 saturated heterocycles. The van der Waals surface area contributed by atoms with Gasteiger partial charge >= 0.3 is 0 Å². The fourth-order valence-corrected chi connectivity index (χ4v) is 5.81. The highest BCUT2D eigenvalue weighted by molar-refractivity contribution is 6.10. The number of hydrogen-bond acceptors (Lipinski definition) is 7. The fourth-order valence-electron chi connectivity index (χ4n) is 5.81. The molecule has 2 aromatic heterocycles. The van der Waals surface area contributed by atoms with E-state index in [-0.39, 0.29) is 22.4 Å². The number of fused-ring (bicyclic) bond motifs is 1. The van der Waals surface area contributed by atoms with Crippen molar-refractivity contribution in [3.8, 4) is 11.1 Å². The number of nitrogens with one attached hydrogen (secondary N) is 3. The van der Waals surface area contributed by atoms with Crippen molar-refractivity contribution in [2.75, 3.05) is 36.9 Å². The zero-order valence-electron chi connectivity index (χ0n) is 27.4. The van der Waals surface area contributed by atoms with E-state index >= 15 is 4.39 Å². The number of nitrogens with zero attached hydrogens (tertiary/aromatic N) is 3. The highest BCUT2D eigenvalue weighted by atomic mass is 19.1. The quantitative estimate of drug-likeness (QED) is 0.158. The zero-order chi connectivity index (χ0) is 34.0. The molecule has 0 saturated carbocycles. The second-order valence-electron chi connectivity index (χ2n) is 12.8. The average molecular weight is 645 g/mol. The smallest absolute Gasteiger partial charge is 0.259 e. The molecule has 1 aliphatic heterocycles. The number of benzene rings is 3. The van der Waals surface area contributed by atoms with Crippen LogP contribution in [0.1, 0.15) is 58.2 Å². The second kappa shape index (κ2) is 13.3. The first-order valence-corrected chi connectivity index (χ1v) is 15.8. The molecule has 10 heteroatoms. The number of carbonyl (C=O) groups excluding carboxylic acids is 2. The lowest BCUT2D eigenvalue weighted by atomic mass is 9.85. The summed E-state index contributed by atoms with van der Waals surface area (Å²) >= 11 is 0. The highest BCUT2D eigenvalue weighted by Crippen LogP contribution is 2.35. The summed E-state index contributed by atoms with van der Waals surface area (Å²) in [6.07, 6.45) is 4.31. The molecule has 3 heterocycles. The number of rotatable bonds is 7. The number of ether oxygens (including phenoxy) is 1. The third kappa shape index (κ3) is 6.65. The van der Waals surface area contributed by atoms with E-state index in [1.165, 1.54) is 6.07 Å². The Hall–Kier alpha value is -5.48. The Labute approximate surface area is 278 Å². The average Bonchev–Trinajstić information content (AvgIpc) is 3.08. The summed E-state index contributed by atoms with van der Waals surface area (Å²) in [5.41, 5.74) is 5.41. The second-order valence-corrected chi connectivity index (χ2v) is 12.8. The van der Waals surface area contributed by atoms with E-state index in [4.69, 9.17) is 10.1 Å². The Bertz CT molecular complexity index is 2030. The molecular formula is C38H37FN6O3. The molecule has 0 aliphatic carbocycles. The minimum Gasteiger partial charge on any atom is -0.378 e. The summed E-state index contributed by atoms with van der Waals surface area (Å²) < 4.78 is 20.7. The third-order valence-corrected chi connectivity index (χ3v) is 8.54. The van der Waals surface area contributed by atoms with E-state index in [2.05, 4.69) is 20.6 Å². The minimum absolute atomic E-state index is 0.0763. The SMILES string of the molecule is Cc1c(NC(=O)c2c(F)cc(C(C)(C)C)cc2C=N)cccc1-c1cc(Nc2ccc(C(=O)N3CCOCC3)cn2)c2ncccc2c1. The van der Waals surface area contributed by atoms with E-state index in [9.17, 15) is 9.59 Å². The van der Waals surface area contributed by atoms with Crippen molar-refractivity contribution in [3.63, 3.8) is 0 Å². The van der Waals surface area contributed by atoms with Gasteiger partial charge in [0.05, 0.1) is 35.5 Å². The topological polar surface area (TPSA) is 120 Å². The van der Waals surface area contributed by atoms with Crippen molar-refractivity contribution in [1.82, 2.24) is 14.9 Å². The van der Waals surface area contributed by atoms with Crippen LogP contribution in [0.4, 0.5) is 21.6 Å². The molecule has 244 valence electrons. The van der Waals surface area contributed by atoms with Crippen LogP contribution in [0.3, 0.4) is 0 Å². The predicted molar refractivity (Wildman–Crippen MR) is 187 cm³/mol. The van der Waals surface area contributed by atoms with Gasteiger partial charge in [-0.15, -0.1) is 0 Å². The highest BCUT2D eigenvalue weighted by Gasteiger charge is 2.23. The number of anilines is 3. The predicted octanol–water partition coefficient (Wildman–Crippen LogP) is 7.51. The number of pyridine rings is 2. The zero-order valence-corrected chi connectivity index (χ0v) is 27.4. The van der Waals surface area contributed by atoms with Gasteiger partial charge in [-0.05, 0) is 83.1 Å². The Morgan fingerprint density at radius 2 is 1.77 bits per heavy atom. The number of morpholine rings is 1. The monoisotopic (exact) mass is 644 g/mol. The van der Waals surface area contributed by atoms with E-state index in [0.717, 1.165) is 33.8 Å². The molecule has 2 amide bonds. The normalized spacial score (nSPS) is 13.3. The molecule has 0 unspecified atom stereocenters. The third-order valence-electron chi connectivity index (χ3n) is 8.54. The van der Waals surface area contributed by atoms with Crippen molar-refractivity contribution < 1.29 is 18.7 Å². The van der Waals surface area contributed by atoms with Crippen LogP contribution in [-0.2, 0) is 10.2 Å². The standard InChI is InChI=1S/C38H37FN6O3/c1-23-29(8-5-9-31(23)44-36(46)34-27(21-40)18-28(20-30(34)39)38(2,3)4)26-17-24-7-6-12-41-35(24)32(19-26)43-33-11-10-25(22-42-33)37(47)45-13-15-48-16-14-45/h5-12,17-22,40H,13-16H2,1-4H3,(H,42,43)(H,44,46). The maximum absolute atomic E-state index is 15.3. The van der Waals surface area contributed by atoms with Crippen molar-refractivity contribution in [2.24, 2.45) is 0 Å². The Kier molecular flexibility index (Phi) is 9.01. The lowest BCUT2D eigenvalue weighted by Gasteiger charge is -2.26. The first kappa shape index (κ1) is 32.5. The molecule has 1 aliphatic rings. The first-order chi connectivity index (χ1) is 23.0. The molecule has 9 nitrogen and oxygen atoms in total. The van der Waals surface area contributed by atoms with Gasteiger partial charge in [0, 0.05) is 48.3 Å². The van der Waals surface area contributed by atoms with Gasteiger partial charge in [0.15, 0.2) is 0 Å². The molecule has 1 fully saturated rings. The van der Waals surface area contributed by atoms with Gasteiger partial charge in [-0.3, -0.25) is 14.6 Å². The fraction of sp³-hybridized carbons (Fsp3) is 0.237. The van der Waals surface area contributed by atoms with Crippen LogP contribution in [-0.4, -0.2) is 59.2 Å². The summed E-state index contributed by atoms with van der Waals surface area (Å²) in [5.74, 6) is -0.819. The summed E-state index contributed by atoms with van der Waals surface area (Å²) in [6.45, 7) is 9.93. The van der Waals surface area contributed by atoms with E-state index in [0.29, 0.717) is 54.6 Å². The summed E-state index contributed by atoms with van der Waals surface area (Å²) in [4.78, 5) is 37.2. The van der Waals surface area contributed by atoms with Crippen molar-refractivity contribution in [2.45, 2.75) is 33.1 Å². The molecule has 0 bridgehead atoms. The molecule has 0 spiro atoms. The molecule has 48 heavy (non-hydrogen) atoms. The van der Waals surface area contributed by atoms with Crippen LogP contribution in [0.25, 0.3) is 22.0 Å². The summed E-state index contributed by atoms with van der Waals surface area (Å²) in [5, 5.41) is 15.0. The van der Waals surface area contributed by atoms with Crippen LogP contribution < -0.4 is 10.6 Å². The van der Waals surface area contributed by atoms with Crippen LogP contribution in [0.2, 0.25) is 0 Å². The molecular weight excluding hydrogens is 607 g/mol. The summed E-state index contributed by atoms with van der Waals surface area (Å²) in [6, 6.07) is 20.0. The first-order valence-electron chi connectivity index (χ1n) is 15.8. The lowest BCUT2D eigenvalue weighted by Crippen LogP contribution is -2.40. The number of halogens is 1. The summed E-state index contributed by atoms with van der Waals surface area (Å²) in [7, 11) is 0. The van der Waals surface area contributed by atoms with Gasteiger partial charge in [0.1, 0.15) is 11.6 Å². The number of hydrogen-bond donors (Lipinski definition) is 3. The van der Waals surface area contributed by atoms with Gasteiger partial charge < -0.3 is 25.7 Å². The maximum atomic E-state index is 15.3. The van der Waals surface area contributed by atoms with Gasteiger partial charge in [-0.25, -0.2) is 9.37 Å². The molecule has 0 atom stereocenters.